The van der Waals surface area contributed by atoms with Gasteiger partial charge in [-0.05, 0) is 49.9 Å². The van der Waals surface area contributed by atoms with Crippen molar-refractivity contribution in [2.24, 2.45) is 0 Å². The molecule has 0 unspecified atom stereocenters. The quantitative estimate of drug-likeness (QED) is 0.502. The number of rotatable bonds is 5. The summed E-state index contributed by atoms with van der Waals surface area (Å²) in [5.41, 5.74) is 3.85. The molecule has 3 aromatic rings. The van der Waals surface area contributed by atoms with Crippen LogP contribution in [0.5, 0.6) is 0 Å². The average Bonchev–Trinajstić information content (AvgIpc) is 3.20. The van der Waals surface area contributed by atoms with Gasteiger partial charge in [0.1, 0.15) is 11.7 Å². The van der Waals surface area contributed by atoms with E-state index in [1.807, 2.05) is 42.0 Å². The number of nitriles is 1. The van der Waals surface area contributed by atoms with Crippen LogP contribution in [0.4, 0.5) is 0 Å². The Morgan fingerprint density at radius 1 is 1.46 bits per heavy atom. The molecule has 0 amide bonds. The summed E-state index contributed by atoms with van der Waals surface area (Å²) in [4.78, 5) is 17.6. The Bertz CT molecular complexity index is 1020. The van der Waals surface area contributed by atoms with Crippen molar-refractivity contribution in [1.29, 1.82) is 5.26 Å². The highest BCUT2D eigenvalue weighted by Crippen LogP contribution is 2.30. The molecule has 5 nitrogen and oxygen atoms in total. The second kappa shape index (κ2) is 7.54. The fourth-order valence-electron chi connectivity index (χ4n) is 3.04. The highest BCUT2D eigenvalue weighted by Gasteiger charge is 2.19. The molecule has 26 heavy (non-hydrogen) atoms. The summed E-state index contributed by atoms with van der Waals surface area (Å²) in [6.45, 7) is 6.58. The number of esters is 1. The summed E-state index contributed by atoms with van der Waals surface area (Å²) >= 11 is 1.65. The minimum Gasteiger partial charge on any atom is -0.463 e. The lowest BCUT2D eigenvalue weighted by molar-refractivity contribution is -0.137. The molecule has 0 saturated carbocycles. The Morgan fingerprint density at radius 3 is 2.92 bits per heavy atom. The zero-order chi connectivity index (χ0) is 18.7. The lowest BCUT2D eigenvalue weighted by Gasteiger charge is -2.07. The van der Waals surface area contributed by atoms with Gasteiger partial charge in [0.25, 0.3) is 0 Å². The Hall–Kier alpha value is -2.91. The Balaban J connectivity index is 2.24. The summed E-state index contributed by atoms with van der Waals surface area (Å²) in [6, 6.07) is 8.30. The molecule has 3 heterocycles. The minimum absolute atomic E-state index is 0.312. The van der Waals surface area contributed by atoms with Crippen molar-refractivity contribution in [2.75, 3.05) is 6.61 Å². The van der Waals surface area contributed by atoms with Gasteiger partial charge < -0.3 is 9.30 Å². The molecule has 0 spiro atoms. The second-order valence-electron chi connectivity index (χ2n) is 5.90. The van der Waals surface area contributed by atoms with Crippen molar-refractivity contribution in [3.8, 4) is 6.07 Å². The maximum Gasteiger partial charge on any atom is 0.330 e. The summed E-state index contributed by atoms with van der Waals surface area (Å²) in [7, 11) is 0. The number of nitrogens with zero attached hydrogens (tertiary/aromatic N) is 3. The molecule has 0 aliphatic carbocycles. The van der Waals surface area contributed by atoms with Crippen LogP contribution in [0.15, 0.2) is 29.7 Å². The molecule has 0 atom stereocenters. The molecule has 6 heteroatoms. The van der Waals surface area contributed by atoms with Crippen LogP contribution in [0.3, 0.4) is 0 Å². The molecule has 0 N–H and O–H groups in total. The molecule has 0 saturated heterocycles. The summed E-state index contributed by atoms with van der Waals surface area (Å²) in [5.74, 6) is -0.426. The topological polar surface area (TPSA) is 67.9 Å². The second-order valence-corrected chi connectivity index (χ2v) is 6.93. The van der Waals surface area contributed by atoms with Gasteiger partial charge >= 0.3 is 5.97 Å². The lowest BCUT2D eigenvalue weighted by atomic mass is 10.1. The van der Waals surface area contributed by atoms with Gasteiger partial charge in [-0.15, -0.1) is 11.3 Å². The van der Waals surface area contributed by atoms with Crippen molar-refractivity contribution < 1.29 is 9.53 Å². The Kier molecular flexibility index (Phi) is 5.19. The van der Waals surface area contributed by atoms with Crippen molar-refractivity contribution in [3.05, 3.63) is 57.0 Å². The smallest absolute Gasteiger partial charge is 0.330 e. The molecule has 0 bridgehead atoms. The molecule has 0 radical (unpaired) electrons. The first-order valence-electron chi connectivity index (χ1n) is 8.33. The lowest BCUT2D eigenvalue weighted by Crippen LogP contribution is -2.04. The van der Waals surface area contributed by atoms with Gasteiger partial charge in [-0.3, -0.25) is 0 Å². The summed E-state index contributed by atoms with van der Waals surface area (Å²) in [5, 5.41) is 12.6. The predicted molar refractivity (Wildman–Crippen MR) is 103 cm³/mol. The number of fused-ring (bicyclic) bond motifs is 1. The van der Waals surface area contributed by atoms with E-state index in [1.165, 1.54) is 6.08 Å². The van der Waals surface area contributed by atoms with Crippen LogP contribution >= 0.6 is 11.3 Å². The maximum atomic E-state index is 11.8. The third-order valence-electron chi connectivity index (χ3n) is 4.05. The molecule has 3 rings (SSSR count). The number of carbonyl (C=O) groups is 1. The first kappa shape index (κ1) is 17.9. The van der Waals surface area contributed by atoms with Crippen LogP contribution in [0, 0.1) is 25.2 Å². The highest BCUT2D eigenvalue weighted by atomic mass is 32.1. The molecule has 0 aliphatic rings. The van der Waals surface area contributed by atoms with E-state index in [2.05, 4.69) is 11.1 Å². The first-order chi connectivity index (χ1) is 12.5. The van der Waals surface area contributed by atoms with Crippen molar-refractivity contribution in [3.63, 3.8) is 0 Å². The molecule has 132 valence electrons. The van der Waals surface area contributed by atoms with Gasteiger partial charge in [0.05, 0.1) is 24.4 Å². The molecule has 0 aliphatic heterocycles. The van der Waals surface area contributed by atoms with Gasteiger partial charge in [0, 0.05) is 22.0 Å². The largest absolute Gasteiger partial charge is 0.463 e. The van der Waals surface area contributed by atoms with Crippen molar-refractivity contribution in [1.82, 2.24) is 9.55 Å². The number of pyridine rings is 1. The number of aryl methyl sites for hydroxylation is 2. The predicted octanol–water partition coefficient (Wildman–Crippen LogP) is 4.21. The molecule has 0 aromatic carbocycles. The van der Waals surface area contributed by atoms with Crippen molar-refractivity contribution in [2.45, 2.75) is 27.3 Å². The van der Waals surface area contributed by atoms with E-state index in [0.29, 0.717) is 24.4 Å². The molecular formula is C20H19N3O2S. The summed E-state index contributed by atoms with van der Waals surface area (Å²) in [6.07, 6.45) is 3.02. The van der Waals surface area contributed by atoms with E-state index in [4.69, 9.17) is 4.74 Å². The van der Waals surface area contributed by atoms with Crippen LogP contribution in [0.2, 0.25) is 0 Å². The Labute approximate surface area is 156 Å². The van der Waals surface area contributed by atoms with Gasteiger partial charge in [-0.25, -0.2) is 9.78 Å². The van der Waals surface area contributed by atoms with Crippen LogP contribution in [-0.4, -0.2) is 22.1 Å². The monoisotopic (exact) mass is 365 g/mol. The van der Waals surface area contributed by atoms with E-state index in [0.717, 1.165) is 27.2 Å². The minimum atomic E-state index is -0.426. The molecule has 3 aromatic heterocycles. The van der Waals surface area contributed by atoms with E-state index < -0.39 is 5.97 Å². The number of ether oxygens (including phenoxy) is 1. The van der Waals surface area contributed by atoms with Gasteiger partial charge in [-0.2, -0.15) is 5.26 Å². The van der Waals surface area contributed by atoms with Crippen LogP contribution in [0.25, 0.3) is 17.1 Å². The van der Waals surface area contributed by atoms with E-state index in [1.54, 1.807) is 24.3 Å². The number of hydrogen-bond acceptors (Lipinski definition) is 5. The number of carbonyl (C=O) groups excluding carboxylic acids is 1. The van der Waals surface area contributed by atoms with Gasteiger partial charge in [-0.1, -0.05) is 6.07 Å². The fraction of sp³-hybridized carbons (Fsp3) is 0.250. The van der Waals surface area contributed by atoms with E-state index >= 15 is 0 Å². The number of thiophene rings is 1. The van der Waals surface area contributed by atoms with Crippen LogP contribution in [-0.2, 0) is 16.1 Å². The van der Waals surface area contributed by atoms with Gasteiger partial charge in [0.2, 0.25) is 0 Å². The fourth-order valence-corrected chi connectivity index (χ4v) is 3.73. The third-order valence-corrected chi connectivity index (χ3v) is 4.91. The zero-order valence-electron chi connectivity index (χ0n) is 14.9. The molecule has 0 fully saturated rings. The maximum absolute atomic E-state index is 11.8. The number of aromatic nitrogens is 2. The van der Waals surface area contributed by atoms with Gasteiger partial charge in [0.15, 0.2) is 0 Å². The zero-order valence-corrected chi connectivity index (χ0v) is 15.8. The third kappa shape index (κ3) is 3.39. The first-order valence-corrected chi connectivity index (χ1v) is 9.20. The normalized spacial score (nSPS) is 11.2. The van der Waals surface area contributed by atoms with E-state index in [-0.39, 0.29) is 0 Å². The highest BCUT2D eigenvalue weighted by molar-refractivity contribution is 7.09. The molecular weight excluding hydrogens is 346 g/mol. The van der Waals surface area contributed by atoms with E-state index in [9.17, 15) is 10.1 Å². The van der Waals surface area contributed by atoms with Crippen molar-refractivity contribution >= 4 is 34.4 Å². The standard InChI is InChI=1S/C20H19N3O2S/c1-4-25-18(24)8-7-17-16(11-21)19-13(2)10-14(3)22-20(19)23(17)12-15-6-5-9-26-15/h5-10H,4,12H2,1-3H3. The SMILES string of the molecule is CCOC(=O)C=Cc1c(C#N)c2c(C)cc(C)nc2n1Cc1cccs1. The summed E-state index contributed by atoms with van der Waals surface area (Å²) < 4.78 is 6.96. The Morgan fingerprint density at radius 2 is 2.27 bits per heavy atom. The number of hydrogen-bond donors (Lipinski definition) is 0. The van der Waals surface area contributed by atoms with Crippen LogP contribution < -0.4 is 0 Å². The van der Waals surface area contributed by atoms with Crippen LogP contribution in [0.1, 0.15) is 34.3 Å². The average molecular weight is 365 g/mol.